The number of rotatable bonds is 2. The van der Waals surface area contributed by atoms with Crippen LogP contribution in [0.5, 0.6) is 0 Å². The van der Waals surface area contributed by atoms with Gasteiger partial charge in [0, 0.05) is 9.75 Å². The first-order chi connectivity index (χ1) is 18.7. The number of thiophene rings is 2. The zero-order chi connectivity index (χ0) is 25.6. The zero-order valence-corrected chi connectivity index (χ0v) is 29.4. The Morgan fingerprint density at radius 3 is 1.29 bits per heavy atom. The molecule has 0 aliphatic rings. The fourth-order valence-corrected chi connectivity index (χ4v) is 7.34. The summed E-state index contributed by atoms with van der Waals surface area (Å²) in [5.74, 6) is 0. The fraction of sp³-hybridized carbons (Fsp3) is 0.0556. The van der Waals surface area contributed by atoms with Crippen molar-refractivity contribution in [1.82, 2.24) is 0 Å². The number of hydrogen-bond donors (Lipinski definition) is 0. The molecule has 0 saturated heterocycles. The van der Waals surface area contributed by atoms with Gasteiger partial charge in [-0.05, 0) is 46.5 Å². The van der Waals surface area contributed by atoms with Crippen LogP contribution in [0.2, 0.25) is 0 Å². The van der Waals surface area contributed by atoms with Gasteiger partial charge in [-0.3, -0.25) is 0 Å². The summed E-state index contributed by atoms with van der Waals surface area (Å²) < 4.78 is 0. The summed E-state index contributed by atoms with van der Waals surface area (Å²) in [5.41, 5.74) is 2.73. The molecule has 0 aliphatic heterocycles. The quantitative estimate of drug-likeness (QED) is 0.161. The molecule has 0 amide bonds. The number of aryl methyl sites for hydroxylation is 2. The molecule has 0 unspecified atom stereocenters. The van der Waals surface area contributed by atoms with E-state index in [1.54, 1.807) is 0 Å². The average molecular weight is 772 g/mol. The maximum atomic E-state index is 2.25. The Morgan fingerprint density at radius 1 is 0.488 bits per heavy atom. The van der Waals surface area contributed by atoms with Crippen LogP contribution in [-0.2, 0) is 25.8 Å². The van der Waals surface area contributed by atoms with E-state index in [4.69, 9.17) is 0 Å². The molecule has 0 fully saturated rings. The Bertz CT molecular complexity index is 1920. The second kappa shape index (κ2) is 13.2. The van der Waals surface area contributed by atoms with Crippen molar-refractivity contribution in [2.75, 3.05) is 0 Å². The molecule has 0 radical (unpaired) electrons. The van der Waals surface area contributed by atoms with Gasteiger partial charge in [-0.25, -0.2) is 0 Å². The molecule has 8 aromatic rings. The smallest absolute Gasteiger partial charge is 1.00 e. The molecular formula is C36H26Cl2HfS2. The molecule has 0 bridgehead atoms. The van der Waals surface area contributed by atoms with Crippen LogP contribution in [0.3, 0.4) is 0 Å². The normalized spacial score (nSPS) is 10.6. The molecule has 0 spiro atoms. The third-order valence-corrected chi connectivity index (χ3v) is 9.40. The van der Waals surface area contributed by atoms with Gasteiger partial charge in [-0.15, -0.1) is 69.1 Å². The Labute approximate surface area is 280 Å². The van der Waals surface area contributed by atoms with E-state index < -0.39 is 0 Å². The van der Waals surface area contributed by atoms with E-state index in [-0.39, 0.29) is 50.7 Å². The second-order valence-electron chi connectivity index (χ2n) is 9.82. The van der Waals surface area contributed by atoms with Gasteiger partial charge in [0.25, 0.3) is 0 Å². The molecule has 8 rings (SSSR count). The van der Waals surface area contributed by atoms with Crippen LogP contribution in [0.25, 0.3) is 64.0 Å². The minimum Gasteiger partial charge on any atom is -1.00 e. The van der Waals surface area contributed by atoms with Gasteiger partial charge in [0.1, 0.15) is 0 Å². The number of halogens is 2. The molecule has 200 valence electrons. The summed E-state index contributed by atoms with van der Waals surface area (Å²) in [4.78, 5) is 5.46. The monoisotopic (exact) mass is 772 g/mol. The summed E-state index contributed by atoms with van der Waals surface area (Å²) in [5, 5.41) is 10.8. The Kier molecular flexibility index (Phi) is 10.1. The van der Waals surface area contributed by atoms with Crippen molar-refractivity contribution < 1.29 is 50.7 Å². The number of hydrogen-bond acceptors (Lipinski definition) is 2. The van der Waals surface area contributed by atoms with Crippen molar-refractivity contribution in [3.05, 3.63) is 131 Å². The van der Waals surface area contributed by atoms with Gasteiger partial charge in [-0.1, -0.05) is 83.6 Å². The second-order valence-corrected chi connectivity index (χ2v) is 12.4. The van der Waals surface area contributed by atoms with E-state index in [9.17, 15) is 0 Å². The minimum absolute atomic E-state index is 0. The topological polar surface area (TPSA) is 0 Å². The van der Waals surface area contributed by atoms with E-state index in [0.29, 0.717) is 0 Å². The number of benzene rings is 4. The van der Waals surface area contributed by atoms with Crippen LogP contribution in [0.4, 0.5) is 0 Å². The van der Waals surface area contributed by atoms with Crippen LogP contribution in [0.15, 0.2) is 121 Å². The van der Waals surface area contributed by atoms with Crippen molar-refractivity contribution in [3.63, 3.8) is 0 Å². The predicted octanol–water partition coefficient (Wildman–Crippen LogP) is 5.50. The zero-order valence-electron chi connectivity index (χ0n) is 22.6. The predicted molar refractivity (Wildman–Crippen MR) is 170 cm³/mol. The van der Waals surface area contributed by atoms with Crippen molar-refractivity contribution in [3.8, 4) is 20.9 Å². The first kappa shape index (κ1) is 31.4. The average Bonchev–Trinajstić information content (AvgIpc) is 3.75. The molecule has 0 saturated carbocycles. The van der Waals surface area contributed by atoms with Crippen LogP contribution in [0, 0.1) is 13.8 Å². The van der Waals surface area contributed by atoms with E-state index in [0.717, 1.165) is 0 Å². The van der Waals surface area contributed by atoms with Gasteiger partial charge in [0.2, 0.25) is 0 Å². The summed E-state index contributed by atoms with van der Waals surface area (Å²) in [6.45, 7) is 4.33. The van der Waals surface area contributed by atoms with E-state index >= 15 is 0 Å². The molecular weight excluding hydrogens is 746 g/mol. The van der Waals surface area contributed by atoms with Crippen molar-refractivity contribution in [2.45, 2.75) is 13.8 Å². The maximum absolute atomic E-state index is 2.25. The van der Waals surface area contributed by atoms with Gasteiger partial charge < -0.3 is 24.8 Å². The molecule has 0 atom stereocenters. The first-order valence-electron chi connectivity index (χ1n) is 12.9. The summed E-state index contributed by atoms with van der Waals surface area (Å²) >= 11 is 3.74. The molecule has 5 heteroatoms. The molecule has 2 aromatic heterocycles. The number of fused-ring (bicyclic) bond motifs is 6. The van der Waals surface area contributed by atoms with Crippen molar-refractivity contribution in [1.29, 1.82) is 0 Å². The van der Waals surface area contributed by atoms with E-state index in [1.807, 2.05) is 22.7 Å². The van der Waals surface area contributed by atoms with Gasteiger partial charge in [-0.2, -0.15) is 22.7 Å². The third-order valence-electron chi connectivity index (χ3n) is 7.33. The fourth-order valence-electron chi connectivity index (χ4n) is 5.54. The van der Waals surface area contributed by atoms with Crippen LogP contribution >= 0.6 is 22.7 Å². The Hall–Kier alpha value is -2.53. The largest absolute Gasteiger partial charge is 4.00 e. The van der Waals surface area contributed by atoms with Gasteiger partial charge in [0.05, 0.1) is 0 Å². The van der Waals surface area contributed by atoms with Crippen LogP contribution < -0.4 is 24.8 Å². The molecule has 0 aliphatic carbocycles. The summed E-state index contributed by atoms with van der Waals surface area (Å²) in [7, 11) is 0. The van der Waals surface area contributed by atoms with E-state index in [2.05, 4.69) is 135 Å². The molecule has 2 heterocycles. The van der Waals surface area contributed by atoms with E-state index in [1.165, 1.54) is 73.7 Å². The standard InChI is InChI=1S/2C18H13S.2ClH.Hf/c2*1-12-6-11-17(19-12)16-10-9-14-8-7-13-4-2-3-5-15(13)18(14)16;;;/h2*2-11H,1H3;2*1H;/q2*-1;;;+4/p-2. The SMILES string of the molecule is Cc1ccc(-c2c[cH-]c3ccc4ccccc4c23)s1.Cc1ccc(-c2c[cH-]c3ccc4ccccc4c23)s1.[Cl-].[Cl-].[Hf+4]. The maximum Gasteiger partial charge on any atom is 4.00 e. The molecule has 0 nitrogen and oxygen atoms in total. The van der Waals surface area contributed by atoms with Gasteiger partial charge >= 0.3 is 25.8 Å². The first-order valence-corrected chi connectivity index (χ1v) is 14.6. The summed E-state index contributed by atoms with van der Waals surface area (Å²) in [6.07, 6.45) is 0. The minimum atomic E-state index is 0. The van der Waals surface area contributed by atoms with Crippen molar-refractivity contribution >= 4 is 65.8 Å². The third kappa shape index (κ3) is 5.89. The summed E-state index contributed by atoms with van der Waals surface area (Å²) in [6, 6.07) is 44.0. The molecule has 6 aromatic carbocycles. The Morgan fingerprint density at radius 2 is 0.902 bits per heavy atom. The van der Waals surface area contributed by atoms with Crippen LogP contribution in [0.1, 0.15) is 9.75 Å². The van der Waals surface area contributed by atoms with Crippen molar-refractivity contribution in [2.24, 2.45) is 0 Å². The molecule has 0 N–H and O–H groups in total. The Balaban J connectivity index is 0.000000176. The van der Waals surface area contributed by atoms with Crippen LogP contribution in [-0.4, -0.2) is 0 Å². The van der Waals surface area contributed by atoms with Gasteiger partial charge in [0.15, 0.2) is 0 Å². The molecule has 41 heavy (non-hydrogen) atoms.